The molecule has 1 aromatic rings. The Morgan fingerprint density at radius 2 is 1.95 bits per heavy atom. The lowest BCUT2D eigenvalue weighted by Gasteiger charge is -2.45. The summed E-state index contributed by atoms with van der Waals surface area (Å²) in [6, 6.07) is 10.1. The molecule has 2 atom stereocenters. The van der Waals surface area contributed by atoms with Gasteiger partial charge in [0.05, 0.1) is 7.11 Å². The molecular weight excluding hydrogens is 258 g/mol. The van der Waals surface area contributed by atoms with Gasteiger partial charge < -0.3 is 4.74 Å². The van der Waals surface area contributed by atoms with E-state index in [1.54, 1.807) is 7.11 Å². The molecule has 2 fully saturated rings. The quantitative estimate of drug-likeness (QED) is 0.806. The highest BCUT2D eigenvalue weighted by molar-refractivity contribution is 5.85. The zero-order valence-electron chi connectivity index (χ0n) is 11.7. The van der Waals surface area contributed by atoms with Gasteiger partial charge in [-0.05, 0) is 56.3 Å². The van der Waals surface area contributed by atoms with Crippen LogP contribution in [0.25, 0.3) is 0 Å². The van der Waals surface area contributed by atoms with E-state index in [9.17, 15) is 0 Å². The molecule has 0 unspecified atom stereocenters. The monoisotopic (exact) mass is 281 g/mol. The summed E-state index contributed by atoms with van der Waals surface area (Å²) < 4.78 is 5.36. The average Bonchev–Trinajstić information content (AvgIpc) is 2.47. The second-order valence-corrected chi connectivity index (χ2v) is 5.61. The standard InChI is InChI=1S/C16H23NO.ClH/c1-18-15-9-4-6-13(12-15)16-10-5-8-14-7-2-3-11-17(14)16;/h4,6,9,12,14,16H,2-3,5,7-8,10-11H2,1H3;1H/t14-,16-;/m1./s1. The van der Waals surface area contributed by atoms with E-state index < -0.39 is 0 Å². The summed E-state index contributed by atoms with van der Waals surface area (Å²) in [4.78, 5) is 2.75. The number of fused-ring (bicyclic) bond motifs is 1. The molecule has 0 aliphatic carbocycles. The first-order chi connectivity index (χ1) is 8.88. The smallest absolute Gasteiger partial charge is 0.119 e. The summed E-state index contributed by atoms with van der Waals surface area (Å²) in [6.07, 6.45) is 8.29. The minimum atomic E-state index is 0. The highest BCUT2D eigenvalue weighted by Gasteiger charge is 2.32. The first-order valence-electron chi connectivity index (χ1n) is 7.28. The van der Waals surface area contributed by atoms with Gasteiger partial charge >= 0.3 is 0 Å². The number of piperidine rings is 2. The number of rotatable bonds is 2. The zero-order chi connectivity index (χ0) is 12.4. The van der Waals surface area contributed by atoms with Crippen molar-refractivity contribution >= 4 is 12.4 Å². The summed E-state index contributed by atoms with van der Waals surface area (Å²) in [5, 5.41) is 0. The highest BCUT2D eigenvalue weighted by Crippen LogP contribution is 2.39. The van der Waals surface area contributed by atoms with E-state index in [1.807, 2.05) is 6.07 Å². The third-order valence-corrected chi connectivity index (χ3v) is 4.57. The van der Waals surface area contributed by atoms with Gasteiger partial charge in [-0.1, -0.05) is 18.6 Å². The van der Waals surface area contributed by atoms with Crippen LogP contribution in [-0.2, 0) is 0 Å². The molecule has 2 aliphatic rings. The Morgan fingerprint density at radius 1 is 1.11 bits per heavy atom. The second-order valence-electron chi connectivity index (χ2n) is 5.61. The van der Waals surface area contributed by atoms with Crippen LogP contribution in [0.3, 0.4) is 0 Å². The molecule has 2 nitrogen and oxygen atoms in total. The van der Waals surface area contributed by atoms with E-state index >= 15 is 0 Å². The third kappa shape index (κ3) is 3.06. The number of methoxy groups -OCH3 is 1. The molecule has 1 aromatic carbocycles. The van der Waals surface area contributed by atoms with Gasteiger partial charge in [0.2, 0.25) is 0 Å². The lowest BCUT2D eigenvalue weighted by molar-refractivity contribution is 0.0517. The average molecular weight is 282 g/mol. The fourth-order valence-corrected chi connectivity index (χ4v) is 3.66. The maximum atomic E-state index is 5.36. The van der Waals surface area contributed by atoms with Crippen LogP contribution in [-0.4, -0.2) is 24.6 Å². The van der Waals surface area contributed by atoms with Gasteiger partial charge in [0.1, 0.15) is 5.75 Å². The Kier molecular flexibility index (Phi) is 5.12. The van der Waals surface area contributed by atoms with Gasteiger partial charge in [-0.3, -0.25) is 4.90 Å². The Bertz CT molecular complexity index is 407. The molecule has 0 spiro atoms. The molecule has 3 heteroatoms. The van der Waals surface area contributed by atoms with Gasteiger partial charge in [-0.15, -0.1) is 12.4 Å². The summed E-state index contributed by atoms with van der Waals surface area (Å²) in [5.74, 6) is 0.992. The van der Waals surface area contributed by atoms with E-state index in [0.717, 1.165) is 11.8 Å². The predicted octanol–water partition coefficient (Wildman–Crippen LogP) is 4.20. The SMILES string of the molecule is COc1cccc([C@H]2CCC[C@H]3CCCCN32)c1.Cl. The fraction of sp³-hybridized carbons (Fsp3) is 0.625. The van der Waals surface area contributed by atoms with Crippen LogP contribution in [0, 0.1) is 0 Å². The number of halogens is 1. The first-order valence-corrected chi connectivity index (χ1v) is 7.28. The van der Waals surface area contributed by atoms with Gasteiger partial charge in [-0.25, -0.2) is 0 Å². The van der Waals surface area contributed by atoms with Crippen molar-refractivity contribution in [2.75, 3.05) is 13.7 Å². The van der Waals surface area contributed by atoms with Crippen LogP contribution in [0.2, 0.25) is 0 Å². The third-order valence-electron chi connectivity index (χ3n) is 4.57. The molecule has 2 saturated heterocycles. The summed E-state index contributed by atoms with van der Waals surface area (Å²) >= 11 is 0. The van der Waals surface area contributed by atoms with Gasteiger partial charge in [-0.2, -0.15) is 0 Å². The molecule has 0 saturated carbocycles. The van der Waals surface area contributed by atoms with E-state index in [4.69, 9.17) is 4.74 Å². The topological polar surface area (TPSA) is 12.5 Å². The molecule has 2 heterocycles. The van der Waals surface area contributed by atoms with Crippen molar-refractivity contribution < 1.29 is 4.74 Å². The van der Waals surface area contributed by atoms with Crippen molar-refractivity contribution in [1.29, 1.82) is 0 Å². The lowest BCUT2D eigenvalue weighted by Crippen LogP contribution is -2.44. The van der Waals surface area contributed by atoms with Crippen molar-refractivity contribution in [3.63, 3.8) is 0 Å². The molecule has 0 N–H and O–H groups in total. The molecule has 0 amide bonds. The minimum Gasteiger partial charge on any atom is -0.497 e. The highest BCUT2D eigenvalue weighted by atomic mass is 35.5. The van der Waals surface area contributed by atoms with Crippen LogP contribution < -0.4 is 4.74 Å². The Morgan fingerprint density at radius 3 is 2.79 bits per heavy atom. The van der Waals surface area contributed by atoms with Crippen LogP contribution in [0.1, 0.15) is 50.1 Å². The molecule has 0 radical (unpaired) electrons. The molecule has 106 valence electrons. The van der Waals surface area contributed by atoms with E-state index in [0.29, 0.717) is 6.04 Å². The number of nitrogens with zero attached hydrogens (tertiary/aromatic N) is 1. The summed E-state index contributed by atoms with van der Waals surface area (Å²) in [5.41, 5.74) is 1.45. The fourth-order valence-electron chi connectivity index (χ4n) is 3.66. The number of benzene rings is 1. The molecule has 0 aromatic heterocycles. The van der Waals surface area contributed by atoms with E-state index in [2.05, 4.69) is 23.1 Å². The Labute approximate surface area is 122 Å². The van der Waals surface area contributed by atoms with Crippen LogP contribution in [0.4, 0.5) is 0 Å². The largest absolute Gasteiger partial charge is 0.497 e. The first kappa shape index (κ1) is 14.7. The molecule has 19 heavy (non-hydrogen) atoms. The van der Waals surface area contributed by atoms with Crippen LogP contribution >= 0.6 is 12.4 Å². The van der Waals surface area contributed by atoms with Crippen molar-refractivity contribution in [3.8, 4) is 5.75 Å². The van der Waals surface area contributed by atoms with E-state index in [-0.39, 0.29) is 12.4 Å². The maximum Gasteiger partial charge on any atom is 0.119 e. The molecule has 2 aliphatic heterocycles. The normalized spacial score (nSPS) is 27.2. The van der Waals surface area contributed by atoms with Crippen LogP contribution in [0.15, 0.2) is 24.3 Å². The zero-order valence-corrected chi connectivity index (χ0v) is 12.5. The number of hydrogen-bond donors (Lipinski definition) is 0. The van der Waals surface area contributed by atoms with Crippen molar-refractivity contribution in [2.24, 2.45) is 0 Å². The molecule has 0 bridgehead atoms. The van der Waals surface area contributed by atoms with Gasteiger partial charge in [0.25, 0.3) is 0 Å². The lowest BCUT2D eigenvalue weighted by atomic mass is 9.86. The number of hydrogen-bond acceptors (Lipinski definition) is 2. The predicted molar refractivity (Wildman–Crippen MR) is 81.2 cm³/mol. The van der Waals surface area contributed by atoms with Crippen molar-refractivity contribution in [3.05, 3.63) is 29.8 Å². The van der Waals surface area contributed by atoms with E-state index in [1.165, 1.54) is 50.6 Å². The minimum absolute atomic E-state index is 0. The Balaban J connectivity index is 0.00000133. The second kappa shape index (κ2) is 6.62. The Hall–Kier alpha value is -0.730. The van der Waals surface area contributed by atoms with Gasteiger partial charge in [0.15, 0.2) is 0 Å². The van der Waals surface area contributed by atoms with Crippen molar-refractivity contribution in [1.82, 2.24) is 4.90 Å². The van der Waals surface area contributed by atoms with Crippen LogP contribution in [0.5, 0.6) is 5.75 Å². The van der Waals surface area contributed by atoms with Crippen molar-refractivity contribution in [2.45, 2.75) is 50.6 Å². The molecule has 3 rings (SSSR count). The number of ether oxygens (including phenoxy) is 1. The summed E-state index contributed by atoms with van der Waals surface area (Å²) in [6.45, 7) is 1.28. The summed E-state index contributed by atoms with van der Waals surface area (Å²) in [7, 11) is 1.75. The molecular formula is C16H24ClNO. The van der Waals surface area contributed by atoms with Gasteiger partial charge in [0, 0.05) is 12.1 Å². The maximum absolute atomic E-state index is 5.36.